The molecule has 0 aliphatic rings. The van der Waals surface area contributed by atoms with Crippen molar-refractivity contribution in [1.29, 1.82) is 0 Å². The van der Waals surface area contributed by atoms with Crippen LogP contribution in [0.4, 0.5) is 0 Å². The highest BCUT2D eigenvalue weighted by molar-refractivity contribution is 6.42. The SMILES string of the molecule is CC(C)CCN(CCC(=O)O)Cc1ccc(Cl)c(Cl)c1. The normalized spacial score (nSPS) is 11.3. The van der Waals surface area contributed by atoms with Gasteiger partial charge in [0.25, 0.3) is 0 Å². The van der Waals surface area contributed by atoms with Crippen molar-refractivity contribution < 1.29 is 9.90 Å². The molecule has 1 aromatic carbocycles. The van der Waals surface area contributed by atoms with E-state index in [2.05, 4.69) is 18.7 Å². The molecule has 0 heterocycles. The molecule has 0 amide bonds. The number of carbonyl (C=O) groups is 1. The fraction of sp³-hybridized carbons (Fsp3) is 0.533. The van der Waals surface area contributed by atoms with Crippen molar-refractivity contribution in [1.82, 2.24) is 4.90 Å². The summed E-state index contributed by atoms with van der Waals surface area (Å²) in [7, 11) is 0. The Labute approximate surface area is 130 Å². The molecule has 112 valence electrons. The average Bonchev–Trinajstić information content (AvgIpc) is 2.36. The number of carboxylic acid groups (broad SMARTS) is 1. The first kappa shape index (κ1) is 17.3. The first-order valence-corrected chi connectivity index (χ1v) is 7.52. The Kier molecular flexibility index (Phi) is 7.35. The van der Waals surface area contributed by atoms with Crippen LogP contribution >= 0.6 is 23.2 Å². The summed E-state index contributed by atoms with van der Waals surface area (Å²) < 4.78 is 0. The quantitative estimate of drug-likeness (QED) is 0.776. The van der Waals surface area contributed by atoms with Crippen LogP contribution in [-0.2, 0) is 11.3 Å². The van der Waals surface area contributed by atoms with Crippen molar-refractivity contribution in [2.24, 2.45) is 5.92 Å². The summed E-state index contributed by atoms with van der Waals surface area (Å²) in [6, 6.07) is 5.54. The third kappa shape index (κ3) is 6.60. The second-order valence-corrected chi connectivity index (χ2v) is 6.17. The molecule has 1 N–H and O–H groups in total. The van der Waals surface area contributed by atoms with Crippen molar-refractivity contribution in [3.05, 3.63) is 33.8 Å². The molecule has 20 heavy (non-hydrogen) atoms. The second kappa shape index (κ2) is 8.50. The summed E-state index contributed by atoms with van der Waals surface area (Å²) in [5.41, 5.74) is 1.05. The first-order chi connectivity index (χ1) is 9.38. The van der Waals surface area contributed by atoms with Crippen LogP contribution < -0.4 is 0 Å². The van der Waals surface area contributed by atoms with E-state index >= 15 is 0 Å². The lowest BCUT2D eigenvalue weighted by molar-refractivity contribution is -0.137. The Morgan fingerprint density at radius 1 is 1.25 bits per heavy atom. The van der Waals surface area contributed by atoms with Gasteiger partial charge >= 0.3 is 5.97 Å². The van der Waals surface area contributed by atoms with E-state index in [1.54, 1.807) is 6.07 Å². The molecule has 0 bridgehead atoms. The average molecular weight is 318 g/mol. The van der Waals surface area contributed by atoms with Gasteiger partial charge in [-0.25, -0.2) is 0 Å². The summed E-state index contributed by atoms with van der Waals surface area (Å²) in [6.07, 6.45) is 1.19. The number of benzene rings is 1. The number of hydrogen-bond acceptors (Lipinski definition) is 2. The smallest absolute Gasteiger partial charge is 0.304 e. The van der Waals surface area contributed by atoms with E-state index < -0.39 is 5.97 Å². The van der Waals surface area contributed by atoms with E-state index in [0.29, 0.717) is 29.1 Å². The molecule has 3 nitrogen and oxygen atoms in total. The monoisotopic (exact) mass is 317 g/mol. The lowest BCUT2D eigenvalue weighted by atomic mass is 10.1. The van der Waals surface area contributed by atoms with E-state index in [1.165, 1.54) is 0 Å². The molecule has 0 saturated heterocycles. The van der Waals surface area contributed by atoms with Crippen LogP contribution in [0.15, 0.2) is 18.2 Å². The summed E-state index contributed by atoms with van der Waals surface area (Å²) in [5, 5.41) is 9.89. The summed E-state index contributed by atoms with van der Waals surface area (Å²) in [4.78, 5) is 12.9. The largest absolute Gasteiger partial charge is 0.481 e. The minimum Gasteiger partial charge on any atom is -0.481 e. The highest BCUT2D eigenvalue weighted by atomic mass is 35.5. The third-order valence-corrected chi connectivity index (χ3v) is 3.79. The Morgan fingerprint density at radius 3 is 2.50 bits per heavy atom. The Balaban J connectivity index is 2.65. The maximum atomic E-state index is 10.7. The van der Waals surface area contributed by atoms with Crippen LogP contribution in [-0.4, -0.2) is 29.1 Å². The van der Waals surface area contributed by atoms with Crippen LogP contribution in [0.3, 0.4) is 0 Å². The third-order valence-electron chi connectivity index (χ3n) is 3.05. The van der Waals surface area contributed by atoms with Gasteiger partial charge < -0.3 is 5.11 Å². The molecule has 0 aromatic heterocycles. The summed E-state index contributed by atoms with van der Waals surface area (Å²) in [6.45, 7) is 6.44. The fourth-order valence-corrected chi connectivity index (χ4v) is 2.18. The number of aliphatic carboxylic acids is 1. The molecule has 0 atom stereocenters. The van der Waals surface area contributed by atoms with Crippen molar-refractivity contribution in [3.63, 3.8) is 0 Å². The van der Waals surface area contributed by atoms with Crippen molar-refractivity contribution in [2.75, 3.05) is 13.1 Å². The van der Waals surface area contributed by atoms with Gasteiger partial charge in [-0.3, -0.25) is 9.69 Å². The van der Waals surface area contributed by atoms with Crippen molar-refractivity contribution in [3.8, 4) is 0 Å². The molecule has 0 aliphatic carbocycles. The standard InChI is InChI=1S/C15H21Cl2NO2/c1-11(2)5-7-18(8-6-15(19)20)10-12-3-4-13(16)14(17)9-12/h3-4,9,11H,5-8,10H2,1-2H3,(H,19,20). The number of carboxylic acids is 1. The topological polar surface area (TPSA) is 40.5 Å². The molecule has 0 aliphatic heterocycles. The van der Waals surface area contributed by atoms with Crippen LogP contribution in [0, 0.1) is 5.92 Å². The minimum atomic E-state index is -0.770. The van der Waals surface area contributed by atoms with Gasteiger partial charge in [0, 0.05) is 13.1 Å². The van der Waals surface area contributed by atoms with Crippen LogP contribution in [0.2, 0.25) is 10.0 Å². The molecule has 0 saturated carbocycles. The lowest BCUT2D eigenvalue weighted by Gasteiger charge is -2.22. The highest BCUT2D eigenvalue weighted by Gasteiger charge is 2.10. The molecular weight excluding hydrogens is 297 g/mol. The summed E-state index contributed by atoms with van der Waals surface area (Å²) >= 11 is 11.9. The maximum absolute atomic E-state index is 10.7. The first-order valence-electron chi connectivity index (χ1n) is 6.76. The van der Waals surface area contributed by atoms with E-state index in [-0.39, 0.29) is 6.42 Å². The van der Waals surface area contributed by atoms with E-state index in [0.717, 1.165) is 18.5 Å². The number of halogens is 2. The van der Waals surface area contributed by atoms with Gasteiger partial charge in [-0.05, 0) is 36.6 Å². The number of hydrogen-bond donors (Lipinski definition) is 1. The second-order valence-electron chi connectivity index (χ2n) is 5.35. The summed E-state index contributed by atoms with van der Waals surface area (Å²) in [5.74, 6) is -0.176. The molecule has 0 spiro atoms. The number of nitrogens with zero attached hydrogens (tertiary/aromatic N) is 1. The fourth-order valence-electron chi connectivity index (χ4n) is 1.86. The Hall–Kier alpha value is -0.770. The van der Waals surface area contributed by atoms with Crippen LogP contribution in [0.5, 0.6) is 0 Å². The zero-order chi connectivity index (χ0) is 15.1. The molecule has 0 fully saturated rings. The van der Waals surface area contributed by atoms with Gasteiger partial charge in [0.2, 0.25) is 0 Å². The molecule has 1 aromatic rings. The van der Waals surface area contributed by atoms with Gasteiger partial charge in [0.05, 0.1) is 16.5 Å². The van der Waals surface area contributed by atoms with Gasteiger partial charge in [-0.1, -0.05) is 43.1 Å². The van der Waals surface area contributed by atoms with E-state index in [4.69, 9.17) is 28.3 Å². The molecule has 0 radical (unpaired) electrons. The van der Waals surface area contributed by atoms with Crippen molar-refractivity contribution in [2.45, 2.75) is 33.2 Å². The predicted molar refractivity (Wildman–Crippen MR) is 83.4 cm³/mol. The highest BCUT2D eigenvalue weighted by Crippen LogP contribution is 2.23. The Bertz CT molecular complexity index is 449. The number of rotatable bonds is 8. The minimum absolute atomic E-state index is 0.152. The van der Waals surface area contributed by atoms with Crippen LogP contribution in [0.1, 0.15) is 32.3 Å². The van der Waals surface area contributed by atoms with Gasteiger partial charge in [0.15, 0.2) is 0 Å². The van der Waals surface area contributed by atoms with E-state index in [9.17, 15) is 4.79 Å². The van der Waals surface area contributed by atoms with E-state index in [1.807, 2.05) is 12.1 Å². The molecular formula is C15H21Cl2NO2. The Morgan fingerprint density at radius 2 is 1.95 bits per heavy atom. The zero-order valence-corrected chi connectivity index (χ0v) is 13.4. The lowest BCUT2D eigenvalue weighted by Crippen LogP contribution is -2.28. The molecule has 5 heteroatoms. The predicted octanol–water partition coefficient (Wildman–Crippen LogP) is 4.32. The van der Waals surface area contributed by atoms with Gasteiger partial charge in [0.1, 0.15) is 0 Å². The zero-order valence-electron chi connectivity index (χ0n) is 11.9. The molecule has 1 rings (SSSR count). The van der Waals surface area contributed by atoms with Gasteiger partial charge in [-0.2, -0.15) is 0 Å². The molecule has 0 unspecified atom stereocenters. The van der Waals surface area contributed by atoms with Gasteiger partial charge in [-0.15, -0.1) is 0 Å². The maximum Gasteiger partial charge on any atom is 0.304 e. The van der Waals surface area contributed by atoms with Crippen molar-refractivity contribution >= 4 is 29.2 Å². The van der Waals surface area contributed by atoms with Crippen LogP contribution in [0.25, 0.3) is 0 Å².